The molecule has 1 unspecified atom stereocenters. The molecule has 2 aromatic rings. The normalized spacial score (nSPS) is 14.8. The fourth-order valence-electron chi connectivity index (χ4n) is 2.46. The number of benzene rings is 2. The summed E-state index contributed by atoms with van der Waals surface area (Å²) >= 11 is 9.41. The Labute approximate surface area is 129 Å². The number of fused-ring (bicyclic) bond motifs is 1. The average molecular weight is 357 g/mol. The molecule has 2 aromatic carbocycles. The molecule has 2 N–H and O–H groups in total. The summed E-state index contributed by atoms with van der Waals surface area (Å²) in [6.07, 6.45) is 0.822. The third-order valence-corrected chi connectivity index (χ3v) is 4.03. The molecule has 1 heterocycles. The van der Waals surface area contributed by atoms with Gasteiger partial charge in [-0.1, -0.05) is 27.5 Å². The van der Waals surface area contributed by atoms with Crippen LogP contribution in [0.2, 0.25) is 5.02 Å². The van der Waals surface area contributed by atoms with Crippen molar-refractivity contribution < 1.29 is 9.13 Å². The highest BCUT2D eigenvalue weighted by atomic mass is 79.9. The Morgan fingerprint density at radius 3 is 2.80 bits per heavy atom. The van der Waals surface area contributed by atoms with Crippen LogP contribution in [0.5, 0.6) is 5.75 Å². The first-order chi connectivity index (χ1) is 9.54. The summed E-state index contributed by atoms with van der Waals surface area (Å²) in [6.45, 7) is 0.627. The van der Waals surface area contributed by atoms with Crippen molar-refractivity contribution in [2.24, 2.45) is 5.73 Å². The second kappa shape index (κ2) is 5.35. The molecule has 2 nitrogen and oxygen atoms in total. The summed E-state index contributed by atoms with van der Waals surface area (Å²) in [7, 11) is 0. The van der Waals surface area contributed by atoms with E-state index < -0.39 is 6.04 Å². The second-order valence-corrected chi connectivity index (χ2v) is 6.11. The van der Waals surface area contributed by atoms with Crippen LogP contribution < -0.4 is 10.5 Å². The lowest BCUT2D eigenvalue weighted by Gasteiger charge is -2.17. The van der Waals surface area contributed by atoms with Crippen LogP contribution in [0.15, 0.2) is 34.8 Å². The maximum atomic E-state index is 13.5. The molecule has 0 saturated carbocycles. The van der Waals surface area contributed by atoms with Gasteiger partial charge in [-0.25, -0.2) is 4.39 Å². The Bertz CT molecular complexity index is 657. The SMILES string of the molecule is NC(c1cc(F)cc(Br)c1)c1cc(Cl)cc2c1OCC2. The third-order valence-electron chi connectivity index (χ3n) is 3.36. The second-order valence-electron chi connectivity index (χ2n) is 4.76. The predicted octanol–water partition coefficient (Wildman–Crippen LogP) is 4.22. The van der Waals surface area contributed by atoms with Gasteiger partial charge in [-0.2, -0.15) is 0 Å². The molecule has 0 amide bonds. The maximum Gasteiger partial charge on any atom is 0.127 e. The molecular formula is C15H12BrClFNO. The molecule has 0 fully saturated rings. The summed E-state index contributed by atoms with van der Waals surface area (Å²) in [5.41, 5.74) is 8.80. The summed E-state index contributed by atoms with van der Waals surface area (Å²) in [6, 6.07) is 7.83. The summed E-state index contributed by atoms with van der Waals surface area (Å²) in [5.74, 6) is 0.451. The van der Waals surface area contributed by atoms with E-state index >= 15 is 0 Å². The molecule has 1 atom stereocenters. The van der Waals surface area contributed by atoms with Gasteiger partial charge in [-0.15, -0.1) is 0 Å². The Morgan fingerprint density at radius 1 is 1.25 bits per heavy atom. The Balaban J connectivity index is 2.08. The van der Waals surface area contributed by atoms with Crippen molar-refractivity contribution >= 4 is 27.5 Å². The largest absolute Gasteiger partial charge is 0.493 e. The van der Waals surface area contributed by atoms with Crippen molar-refractivity contribution in [1.82, 2.24) is 0 Å². The predicted molar refractivity (Wildman–Crippen MR) is 80.8 cm³/mol. The van der Waals surface area contributed by atoms with Crippen LogP contribution in [0, 0.1) is 5.82 Å². The lowest BCUT2D eigenvalue weighted by Crippen LogP contribution is -2.13. The van der Waals surface area contributed by atoms with Gasteiger partial charge in [0.05, 0.1) is 12.6 Å². The van der Waals surface area contributed by atoms with Crippen LogP contribution in [-0.4, -0.2) is 6.61 Å². The molecule has 0 bridgehead atoms. The zero-order valence-corrected chi connectivity index (χ0v) is 12.8. The molecule has 0 radical (unpaired) electrons. The Morgan fingerprint density at radius 2 is 2.05 bits per heavy atom. The summed E-state index contributed by atoms with van der Waals surface area (Å²) < 4.78 is 19.8. The van der Waals surface area contributed by atoms with Gasteiger partial charge in [0.15, 0.2) is 0 Å². The molecule has 5 heteroatoms. The van der Waals surface area contributed by atoms with Crippen molar-refractivity contribution in [2.75, 3.05) is 6.61 Å². The standard InChI is InChI=1S/C15H12BrClFNO/c16-10-3-9(5-12(18)6-10)14(19)13-7-11(17)4-8-1-2-20-15(8)13/h3-7,14H,1-2,19H2. The molecule has 20 heavy (non-hydrogen) atoms. The summed E-state index contributed by atoms with van der Waals surface area (Å²) in [4.78, 5) is 0. The zero-order valence-electron chi connectivity index (χ0n) is 10.5. The number of hydrogen-bond donors (Lipinski definition) is 1. The first kappa shape index (κ1) is 13.9. The molecule has 1 aliphatic rings. The maximum absolute atomic E-state index is 13.5. The molecule has 1 aliphatic heterocycles. The third kappa shape index (κ3) is 2.55. The number of nitrogens with two attached hydrogens (primary N) is 1. The van der Waals surface area contributed by atoms with Crippen LogP contribution in [0.1, 0.15) is 22.7 Å². The summed E-state index contributed by atoms with van der Waals surface area (Å²) in [5, 5.41) is 0.621. The van der Waals surface area contributed by atoms with Gasteiger partial charge in [0.2, 0.25) is 0 Å². The quantitative estimate of drug-likeness (QED) is 0.874. The molecule has 104 valence electrons. The van der Waals surface area contributed by atoms with Gasteiger partial charge in [0.25, 0.3) is 0 Å². The number of rotatable bonds is 2. The van der Waals surface area contributed by atoms with Crippen LogP contribution in [0.25, 0.3) is 0 Å². The first-order valence-electron chi connectivity index (χ1n) is 6.21. The molecular weight excluding hydrogens is 345 g/mol. The van der Waals surface area contributed by atoms with Crippen molar-refractivity contribution in [3.63, 3.8) is 0 Å². The highest BCUT2D eigenvalue weighted by Gasteiger charge is 2.22. The minimum absolute atomic E-state index is 0.329. The molecule has 0 aromatic heterocycles. The minimum Gasteiger partial charge on any atom is -0.493 e. The van der Waals surface area contributed by atoms with E-state index in [2.05, 4.69) is 15.9 Å². The van der Waals surface area contributed by atoms with Crippen LogP contribution in [-0.2, 0) is 6.42 Å². The van der Waals surface area contributed by atoms with Crippen molar-refractivity contribution in [3.05, 3.63) is 62.3 Å². The Hall–Kier alpha value is -1.10. The lowest BCUT2D eigenvalue weighted by atomic mass is 9.96. The smallest absolute Gasteiger partial charge is 0.127 e. The number of ether oxygens (including phenoxy) is 1. The molecule has 0 saturated heterocycles. The van der Waals surface area contributed by atoms with Gasteiger partial charge < -0.3 is 10.5 Å². The topological polar surface area (TPSA) is 35.2 Å². The van der Waals surface area contributed by atoms with E-state index in [0.717, 1.165) is 23.3 Å². The van der Waals surface area contributed by atoms with E-state index in [1.165, 1.54) is 12.1 Å². The van der Waals surface area contributed by atoms with Crippen molar-refractivity contribution in [3.8, 4) is 5.75 Å². The fourth-order valence-corrected chi connectivity index (χ4v) is 3.20. The molecule has 3 rings (SSSR count). The van der Waals surface area contributed by atoms with E-state index in [0.29, 0.717) is 21.7 Å². The van der Waals surface area contributed by atoms with Gasteiger partial charge in [0.1, 0.15) is 11.6 Å². The van der Waals surface area contributed by atoms with Crippen molar-refractivity contribution in [1.29, 1.82) is 0 Å². The lowest BCUT2D eigenvalue weighted by molar-refractivity contribution is 0.352. The number of halogens is 3. The molecule has 0 aliphatic carbocycles. The van der Waals surface area contributed by atoms with Crippen LogP contribution in [0.4, 0.5) is 4.39 Å². The Kier molecular flexibility index (Phi) is 3.71. The zero-order chi connectivity index (χ0) is 14.3. The van der Waals surface area contributed by atoms with E-state index in [1.54, 1.807) is 12.1 Å². The monoisotopic (exact) mass is 355 g/mol. The number of hydrogen-bond acceptors (Lipinski definition) is 2. The van der Waals surface area contributed by atoms with Gasteiger partial charge >= 0.3 is 0 Å². The molecule has 0 spiro atoms. The van der Waals surface area contributed by atoms with Crippen LogP contribution >= 0.6 is 27.5 Å². The highest BCUT2D eigenvalue weighted by molar-refractivity contribution is 9.10. The van der Waals surface area contributed by atoms with E-state index in [9.17, 15) is 4.39 Å². The van der Waals surface area contributed by atoms with E-state index in [1.807, 2.05) is 6.07 Å². The highest BCUT2D eigenvalue weighted by Crippen LogP contribution is 2.38. The fraction of sp³-hybridized carbons (Fsp3) is 0.200. The van der Waals surface area contributed by atoms with E-state index in [4.69, 9.17) is 22.1 Å². The van der Waals surface area contributed by atoms with Gasteiger partial charge in [0, 0.05) is 21.5 Å². The van der Waals surface area contributed by atoms with Gasteiger partial charge in [-0.3, -0.25) is 0 Å². The first-order valence-corrected chi connectivity index (χ1v) is 7.38. The minimum atomic E-state index is -0.479. The van der Waals surface area contributed by atoms with Crippen molar-refractivity contribution in [2.45, 2.75) is 12.5 Å². The van der Waals surface area contributed by atoms with E-state index in [-0.39, 0.29) is 5.82 Å². The van der Waals surface area contributed by atoms with Crippen LogP contribution in [0.3, 0.4) is 0 Å². The average Bonchev–Trinajstić information content (AvgIpc) is 2.83. The van der Waals surface area contributed by atoms with Gasteiger partial charge in [-0.05, 0) is 41.5 Å².